The van der Waals surface area contributed by atoms with Crippen molar-refractivity contribution in [2.24, 2.45) is 5.73 Å². The van der Waals surface area contributed by atoms with E-state index in [1.165, 1.54) is 11.3 Å². The van der Waals surface area contributed by atoms with Crippen LogP contribution in [-0.2, 0) is 9.53 Å². The maximum Gasteiger partial charge on any atom is 0.245 e. The molecule has 0 aliphatic carbocycles. The molecule has 0 spiro atoms. The Morgan fingerprint density at radius 3 is 3.19 bits per heavy atom. The zero-order valence-electron chi connectivity index (χ0n) is 9.26. The second kappa shape index (κ2) is 4.95. The molecule has 0 bridgehead atoms. The Morgan fingerprint density at radius 1 is 1.75 bits per heavy atom. The van der Waals surface area contributed by atoms with Crippen LogP contribution in [0.3, 0.4) is 0 Å². The van der Waals surface area contributed by atoms with Gasteiger partial charge in [-0.15, -0.1) is 11.3 Å². The zero-order valence-corrected chi connectivity index (χ0v) is 10.1. The van der Waals surface area contributed by atoms with Crippen molar-refractivity contribution in [3.05, 3.63) is 22.4 Å². The van der Waals surface area contributed by atoms with Gasteiger partial charge in [-0.2, -0.15) is 0 Å². The van der Waals surface area contributed by atoms with Gasteiger partial charge in [-0.05, 0) is 18.4 Å². The maximum absolute atomic E-state index is 12.2. The van der Waals surface area contributed by atoms with Crippen LogP contribution in [0.1, 0.15) is 17.8 Å². The Kier molecular flexibility index (Phi) is 3.58. The minimum Gasteiger partial charge on any atom is -0.377 e. The van der Waals surface area contributed by atoms with Gasteiger partial charge in [-0.25, -0.2) is 0 Å². The molecule has 1 aromatic rings. The lowest BCUT2D eigenvalue weighted by atomic mass is 10.1. The lowest BCUT2D eigenvalue weighted by Gasteiger charge is -2.34. The molecule has 1 aliphatic heterocycles. The quantitative estimate of drug-likeness (QED) is 0.839. The van der Waals surface area contributed by atoms with Crippen molar-refractivity contribution in [1.29, 1.82) is 0 Å². The number of thiophene rings is 1. The van der Waals surface area contributed by atoms with Gasteiger partial charge in [0.25, 0.3) is 0 Å². The van der Waals surface area contributed by atoms with Crippen LogP contribution < -0.4 is 5.73 Å². The van der Waals surface area contributed by atoms with E-state index in [-0.39, 0.29) is 11.9 Å². The first-order valence-corrected chi connectivity index (χ1v) is 6.25. The van der Waals surface area contributed by atoms with Gasteiger partial charge in [-0.3, -0.25) is 4.79 Å². The van der Waals surface area contributed by atoms with E-state index in [1.54, 1.807) is 0 Å². The third-order valence-electron chi connectivity index (χ3n) is 2.77. The number of hydrogen-bond donors (Lipinski definition) is 1. The number of nitrogens with two attached hydrogens (primary N) is 1. The van der Waals surface area contributed by atoms with E-state index in [0.29, 0.717) is 19.8 Å². The molecular weight excluding hydrogens is 224 g/mol. The average Bonchev–Trinajstić information content (AvgIpc) is 2.81. The van der Waals surface area contributed by atoms with Crippen LogP contribution in [-0.4, -0.2) is 36.6 Å². The van der Waals surface area contributed by atoms with E-state index in [0.717, 1.165) is 4.88 Å². The molecule has 2 heterocycles. The zero-order chi connectivity index (χ0) is 11.5. The molecule has 0 saturated carbocycles. The van der Waals surface area contributed by atoms with Crippen LogP contribution in [0.5, 0.6) is 0 Å². The molecule has 88 valence electrons. The lowest BCUT2D eigenvalue weighted by Crippen LogP contribution is -2.50. The molecule has 1 unspecified atom stereocenters. The van der Waals surface area contributed by atoms with Crippen LogP contribution in [0, 0.1) is 0 Å². The summed E-state index contributed by atoms with van der Waals surface area (Å²) < 4.78 is 5.30. The summed E-state index contributed by atoms with van der Waals surface area (Å²) in [5.74, 6) is -0.00162. The van der Waals surface area contributed by atoms with E-state index < -0.39 is 6.04 Å². The Balaban J connectivity index is 2.06. The fraction of sp³-hybridized carbons (Fsp3) is 0.545. The van der Waals surface area contributed by atoms with Gasteiger partial charge in [0.05, 0.1) is 19.3 Å². The van der Waals surface area contributed by atoms with E-state index in [2.05, 4.69) is 0 Å². The van der Waals surface area contributed by atoms with Crippen molar-refractivity contribution < 1.29 is 9.53 Å². The maximum atomic E-state index is 12.2. The van der Waals surface area contributed by atoms with Crippen molar-refractivity contribution in [3.63, 3.8) is 0 Å². The normalized spacial score (nSPS) is 23.1. The summed E-state index contributed by atoms with van der Waals surface area (Å²) in [5.41, 5.74) is 5.95. The van der Waals surface area contributed by atoms with E-state index in [1.807, 2.05) is 29.3 Å². The first-order chi connectivity index (χ1) is 7.70. The van der Waals surface area contributed by atoms with E-state index in [9.17, 15) is 4.79 Å². The Morgan fingerprint density at radius 2 is 2.56 bits per heavy atom. The fourth-order valence-electron chi connectivity index (χ4n) is 1.82. The largest absolute Gasteiger partial charge is 0.377 e. The fourth-order valence-corrected chi connectivity index (χ4v) is 2.54. The molecule has 1 saturated heterocycles. The Hall–Kier alpha value is -0.910. The number of ether oxygens (including phenoxy) is 1. The molecule has 0 radical (unpaired) electrons. The second-order valence-electron chi connectivity index (χ2n) is 3.95. The molecule has 1 fully saturated rings. The average molecular weight is 240 g/mol. The first kappa shape index (κ1) is 11.6. The molecule has 2 rings (SSSR count). The molecule has 0 aromatic carbocycles. The number of nitrogens with zero attached hydrogens (tertiary/aromatic N) is 1. The number of amides is 1. The highest BCUT2D eigenvalue weighted by Crippen LogP contribution is 2.20. The number of rotatable bonds is 2. The third kappa shape index (κ3) is 2.26. The summed E-state index contributed by atoms with van der Waals surface area (Å²) in [6.07, 6.45) is 0. The van der Waals surface area contributed by atoms with Gasteiger partial charge in [0.1, 0.15) is 6.04 Å². The monoisotopic (exact) mass is 240 g/mol. The Bertz CT molecular complexity index is 353. The third-order valence-corrected chi connectivity index (χ3v) is 3.72. The molecule has 2 atom stereocenters. The topological polar surface area (TPSA) is 55.6 Å². The highest BCUT2D eigenvalue weighted by atomic mass is 32.1. The van der Waals surface area contributed by atoms with Gasteiger partial charge in [0.2, 0.25) is 5.91 Å². The summed E-state index contributed by atoms with van der Waals surface area (Å²) >= 11 is 1.52. The van der Waals surface area contributed by atoms with Crippen molar-refractivity contribution >= 4 is 17.2 Å². The minimum atomic E-state index is -0.527. The van der Waals surface area contributed by atoms with Gasteiger partial charge in [0, 0.05) is 11.4 Å². The molecule has 2 N–H and O–H groups in total. The van der Waals surface area contributed by atoms with E-state index >= 15 is 0 Å². The Labute approximate surface area is 99.0 Å². The molecule has 4 nitrogen and oxygen atoms in total. The molecule has 16 heavy (non-hydrogen) atoms. The summed E-state index contributed by atoms with van der Waals surface area (Å²) in [5, 5.41) is 1.94. The second-order valence-corrected chi connectivity index (χ2v) is 4.93. The molecule has 1 amide bonds. The smallest absolute Gasteiger partial charge is 0.245 e. The number of morpholine rings is 1. The summed E-state index contributed by atoms with van der Waals surface area (Å²) in [6, 6.07) is 3.40. The highest BCUT2D eigenvalue weighted by Gasteiger charge is 2.28. The van der Waals surface area contributed by atoms with Gasteiger partial charge in [-0.1, -0.05) is 6.07 Å². The van der Waals surface area contributed by atoms with Gasteiger partial charge < -0.3 is 15.4 Å². The predicted molar refractivity (Wildman–Crippen MR) is 63.2 cm³/mol. The molecular formula is C11H16N2O2S. The molecule has 1 aliphatic rings. The molecule has 5 heteroatoms. The van der Waals surface area contributed by atoms with Crippen LogP contribution in [0.4, 0.5) is 0 Å². The van der Waals surface area contributed by atoms with Crippen molar-refractivity contribution in [1.82, 2.24) is 4.90 Å². The van der Waals surface area contributed by atoms with Crippen molar-refractivity contribution in [2.75, 3.05) is 19.8 Å². The van der Waals surface area contributed by atoms with Crippen LogP contribution >= 0.6 is 11.3 Å². The molecule has 1 aromatic heterocycles. The van der Waals surface area contributed by atoms with Crippen LogP contribution in [0.2, 0.25) is 0 Å². The SMILES string of the molecule is C[C@@H]1COCCN1C(=O)C(N)c1cccs1. The predicted octanol–water partition coefficient (Wildman–Crippen LogP) is 0.995. The minimum absolute atomic E-state index is 0.00162. The first-order valence-electron chi connectivity index (χ1n) is 5.37. The van der Waals surface area contributed by atoms with Crippen molar-refractivity contribution in [2.45, 2.75) is 19.0 Å². The van der Waals surface area contributed by atoms with Gasteiger partial charge in [0.15, 0.2) is 0 Å². The highest BCUT2D eigenvalue weighted by molar-refractivity contribution is 7.10. The standard InChI is InChI=1S/C11H16N2O2S/c1-8-7-15-5-4-13(8)11(14)10(12)9-3-2-6-16-9/h2-3,6,8,10H,4-5,7,12H2,1H3/t8-,10?/m1/s1. The van der Waals surface area contributed by atoms with Crippen LogP contribution in [0.15, 0.2) is 17.5 Å². The number of carbonyl (C=O) groups is 1. The number of carbonyl (C=O) groups excluding carboxylic acids is 1. The van der Waals surface area contributed by atoms with Gasteiger partial charge >= 0.3 is 0 Å². The van der Waals surface area contributed by atoms with E-state index in [4.69, 9.17) is 10.5 Å². The number of hydrogen-bond acceptors (Lipinski definition) is 4. The summed E-state index contributed by atoms with van der Waals surface area (Å²) in [4.78, 5) is 14.9. The summed E-state index contributed by atoms with van der Waals surface area (Å²) in [6.45, 7) is 3.83. The lowest BCUT2D eigenvalue weighted by molar-refractivity contribution is -0.140. The summed E-state index contributed by atoms with van der Waals surface area (Å²) in [7, 11) is 0. The van der Waals surface area contributed by atoms with Crippen molar-refractivity contribution in [3.8, 4) is 0 Å². The van der Waals surface area contributed by atoms with Crippen LogP contribution in [0.25, 0.3) is 0 Å².